The Balaban J connectivity index is 1.01. The molecule has 0 aliphatic heterocycles. The molecule has 0 saturated carbocycles. The zero-order chi connectivity index (χ0) is 44.7. The molecule has 1 aliphatic rings. The first kappa shape index (κ1) is 38.2. The predicted octanol–water partition coefficient (Wildman–Crippen LogP) is 16.7. The lowest BCUT2D eigenvalue weighted by Gasteiger charge is -2.23. The Morgan fingerprint density at radius 2 is 0.588 bits per heavy atom. The molecule has 4 heterocycles. The number of benzene rings is 9. The van der Waals surface area contributed by atoms with Crippen LogP contribution in [0.4, 0.5) is 0 Å². The Morgan fingerprint density at radius 3 is 1.01 bits per heavy atom. The molecule has 4 aromatic heterocycles. The molecule has 0 fully saturated rings. The Morgan fingerprint density at radius 1 is 0.235 bits per heavy atom. The molecule has 0 spiro atoms. The van der Waals surface area contributed by atoms with Crippen molar-refractivity contribution >= 4 is 43.6 Å². The highest BCUT2D eigenvalue weighted by molar-refractivity contribution is 6.12. The topological polar surface area (TPSA) is 35.6 Å². The van der Waals surface area contributed by atoms with Crippen molar-refractivity contribution in [3.05, 3.63) is 243 Å². The van der Waals surface area contributed by atoms with Gasteiger partial charge in [-0.15, -0.1) is 0 Å². The lowest BCUT2D eigenvalue weighted by molar-refractivity contribution is 1.17. The van der Waals surface area contributed by atoms with Gasteiger partial charge in [0.25, 0.3) is 0 Å². The van der Waals surface area contributed by atoms with E-state index < -0.39 is 0 Å². The molecule has 4 heteroatoms. The van der Waals surface area contributed by atoms with E-state index >= 15 is 0 Å². The molecular formula is C64H40N4. The minimum atomic E-state index is 1.09. The predicted molar refractivity (Wildman–Crippen MR) is 282 cm³/mol. The molecular weight excluding hydrogens is 825 g/mol. The van der Waals surface area contributed by atoms with E-state index in [1.807, 2.05) is 24.8 Å². The lowest BCUT2D eigenvalue weighted by atomic mass is 9.80. The van der Waals surface area contributed by atoms with E-state index in [1.165, 1.54) is 66.1 Å². The summed E-state index contributed by atoms with van der Waals surface area (Å²) in [6.45, 7) is 0. The van der Waals surface area contributed by atoms with Crippen LogP contribution in [0.15, 0.2) is 243 Å². The number of nitrogens with zero attached hydrogens (tertiary/aromatic N) is 4. The van der Waals surface area contributed by atoms with Crippen LogP contribution in [0.25, 0.3) is 133 Å². The molecule has 14 rings (SSSR count). The number of pyridine rings is 2. The van der Waals surface area contributed by atoms with Gasteiger partial charge in [0, 0.05) is 45.3 Å². The van der Waals surface area contributed by atoms with Crippen molar-refractivity contribution < 1.29 is 0 Å². The fourth-order valence-electron chi connectivity index (χ4n) is 11.0. The monoisotopic (exact) mass is 864 g/mol. The van der Waals surface area contributed by atoms with Crippen molar-refractivity contribution in [1.82, 2.24) is 19.1 Å². The van der Waals surface area contributed by atoms with Gasteiger partial charge in [0.15, 0.2) is 0 Å². The van der Waals surface area contributed by atoms with Gasteiger partial charge in [0.1, 0.15) is 0 Å². The second-order valence-electron chi connectivity index (χ2n) is 17.8. The van der Waals surface area contributed by atoms with Crippen LogP contribution in [0.3, 0.4) is 0 Å². The molecule has 0 radical (unpaired) electrons. The van der Waals surface area contributed by atoms with E-state index in [1.54, 1.807) is 0 Å². The summed E-state index contributed by atoms with van der Waals surface area (Å²) >= 11 is 0. The molecule has 316 valence electrons. The van der Waals surface area contributed by atoms with Crippen LogP contribution in [-0.2, 0) is 0 Å². The smallest absolute Gasteiger partial charge is 0.0724 e. The van der Waals surface area contributed by atoms with Crippen molar-refractivity contribution in [2.24, 2.45) is 0 Å². The molecule has 0 saturated heterocycles. The molecule has 0 N–H and O–H groups in total. The van der Waals surface area contributed by atoms with Crippen molar-refractivity contribution in [1.29, 1.82) is 0 Å². The van der Waals surface area contributed by atoms with E-state index in [4.69, 9.17) is 0 Å². The number of aromatic nitrogens is 4. The number of fused-ring (bicyclic) bond motifs is 14. The summed E-state index contributed by atoms with van der Waals surface area (Å²) in [5, 5.41) is 4.73. The van der Waals surface area contributed by atoms with E-state index in [-0.39, 0.29) is 0 Å². The van der Waals surface area contributed by atoms with Crippen molar-refractivity contribution in [2.75, 3.05) is 0 Å². The lowest BCUT2D eigenvalue weighted by Crippen LogP contribution is -1.97. The average Bonchev–Trinajstić information content (AvgIpc) is 3.93. The minimum Gasteiger partial charge on any atom is -0.308 e. The fourth-order valence-corrected chi connectivity index (χ4v) is 11.0. The molecule has 0 unspecified atom stereocenters. The van der Waals surface area contributed by atoms with Crippen LogP contribution in [0.1, 0.15) is 0 Å². The second kappa shape index (κ2) is 15.2. The van der Waals surface area contributed by atoms with Gasteiger partial charge in [0.05, 0.1) is 34.5 Å². The maximum atomic E-state index is 4.58. The fraction of sp³-hybridized carbons (Fsp3) is 0. The van der Waals surface area contributed by atoms with Crippen molar-refractivity contribution in [3.63, 3.8) is 0 Å². The van der Waals surface area contributed by atoms with Crippen LogP contribution in [0.2, 0.25) is 0 Å². The Hall–Kier alpha value is -9.12. The van der Waals surface area contributed by atoms with Crippen molar-refractivity contribution in [2.45, 2.75) is 0 Å². The van der Waals surface area contributed by atoms with Crippen LogP contribution < -0.4 is 0 Å². The van der Waals surface area contributed by atoms with E-state index in [0.29, 0.717) is 0 Å². The van der Waals surface area contributed by atoms with Gasteiger partial charge in [-0.05, 0) is 163 Å². The summed E-state index contributed by atoms with van der Waals surface area (Å²) < 4.78 is 4.65. The zero-order valence-electron chi connectivity index (χ0n) is 36.9. The van der Waals surface area contributed by atoms with E-state index in [0.717, 1.165) is 66.8 Å². The first-order valence-electron chi connectivity index (χ1n) is 23.2. The Bertz CT molecular complexity index is 3960. The van der Waals surface area contributed by atoms with Gasteiger partial charge in [0.2, 0.25) is 0 Å². The standard InChI is InChI=1S/C64H40N4/c1-3-13-47(14-4-1)67-61-27-24-42(37-59(61)56-29-31-65-39-63(56)67)45-33-44(34-46(35-45)43-25-28-62-60(38-43)57-30-32-66-40-64(57)68(62)48-15-5-2-6-16-48)41-23-26-55-53-21-10-9-19-51(53)49-17-7-8-18-50(49)52-20-11-12-22-54(52)58(55)36-41/h1-40H. The first-order valence-corrected chi connectivity index (χ1v) is 23.2. The van der Waals surface area contributed by atoms with Gasteiger partial charge >= 0.3 is 0 Å². The maximum absolute atomic E-state index is 4.58. The summed E-state index contributed by atoms with van der Waals surface area (Å²) in [5.41, 5.74) is 23.5. The number of hydrogen-bond donors (Lipinski definition) is 0. The number of rotatable bonds is 5. The van der Waals surface area contributed by atoms with Crippen LogP contribution in [0.5, 0.6) is 0 Å². The Kier molecular flexibility index (Phi) is 8.55. The maximum Gasteiger partial charge on any atom is 0.0724 e. The third-order valence-corrected chi connectivity index (χ3v) is 14.1. The van der Waals surface area contributed by atoms with Crippen LogP contribution in [0, 0.1) is 0 Å². The number of para-hydroxylation sites is 2. The Labute approximate surface area is 393 Å². The first-order chi connectivity index (χ1) is 33.7. The van der Waals surface area contributed by atoms with Crippen LogP contribution in [-0.4, -0.2) is 19.1 Å². The third-order valence-electron chi connectivity index (χ3n) is 14.1. The van der Waals surface area contributed by atoms with Gasteiger partial charge in [-0.2, -0.15) is 0 Å². The largest absolute Gasteiger partial charge is 0.308 e. The van der Waals surface area contributed by atoms with E-state index in [9.17, 15) is 0 Å². The third kappa shape index (κ3) is 5.94. The van der Waals surface area contributed by atoms with Gasteiger partial charge < -0.3 is 9.13 Å². The quantitative estimate of drug-likeness (QED) is 0.173. The zero-order valence-corrected chi connectivity index (χ0v) is 36.9. The highest BCUT2D eigenvalue weighted by Gasteiger charge is 2.23. The molecule has 0 bridgehead atoms. The second-order valence-corrected chi connectivity index (χ2v) is 17.8. The van der Waals surface area contributed by atoms with Crippen molar-refractivity contribution in [3.8, 4) is 89.3 Å². The van der Waals surface area contributed by atoms with Gasteiger partial charge in [-0.3, -0.25) is 9.97 Å². The summed E-state index contributed by atoms with van der Waals surface area (Å²) in [6, 6.07) is 80.2. The highest BCUT2D eigenvalue weighted by Crippen LogP contribution is 2.49. The molecule has 1 aliphatic carbocycles. The molecule has 9 aromatic carbocycles. The molecule has 4 nitrogen and oxygen atoms in total. The van der Waals surface area contributed by atoms with Crippen LogP contribution >= 0.6 is 0 Å². The molecule has 68 heavy (non-hydrogen) atoms. The average molecular weight is 865 g/mol. The summed E-state index contributed by atoms with van der Waals surface area (Å²) in [7, 11) is 0. The minimum absolute atomic E-state index is 1.09. The normalized spacial score (nSPS) is 11.8. The SMILES string of the molecule is c1ccc(-n2c3ccc(-c4cc(-c5ccc6c(c5)-c5ccccc5-c5ccccc5-c5ccccc5-6)cc(-c5ccc6c(c5)c5ccncc5n6-c5ccccc5)c4)cc3c3ccncc32)cc1. The summed E-state index contributed by atoms with van der Waals surface area (Å²) in [6.07, 6.45) is 7.77. The van der Waals surface area contributed by atoms with Gasteiger partial charge in [-0.25, -0.2) is 0 Å². The molecule has 0 amide bonds. The summed E-state index contributed by atoms with van der Waals surface area (Å²) in [5.74, 6) is 0. The molecule has 0 atom stereocenters. The summed E-state index contributed by atoms with van der Waals surface area (Å²) in [4.78, 5) is 9.16. The van der Waals surface area contributed by atoms with E-state index in [2.05, 4.69) is 237 Å². The van der Waals surface area contributed by atoms with Gasteiger partial charge in [-0.1, -0.05) is 133 Å². The molecule has 13 aromatic rings. The highest BCUT2D eigenvalue weighted by atomic mass is 15.0. The number of hydrogen-bond acceptors (Lipinski definition) is 2.